The average molecular weight is 237 g/mol. The second-order valence-electron chi connectivity index (χ2n) is 3.64. The molecular weight excluding hydrogens is 222 g/mol. The van der Waals surface area contributed by atoms with Crippen molar-refractivity contribution in [1.29, 1.82) is 0 Å². The van der Waals surface area contributed by atoms with E-state index in [4.69, 9.17) is 5.11 Å². The standard InChI is InChI=1S/C11H15N3O3/c1-14(2)9-5-3-8(4-6-9)13-11(17)12-7-10(15)16/h3-6H,7H2,1-2H3,(H,15,16)(H2,12,13,17). The second kappa shape index (κ2) is 5.74. The lowest BCUT2D eigenvalue weighted by molar-refractivity contribution is -0.135. The van der Waals surface area contributed by atoms with E-state index in [1.165, 1.54) is 0 Å². The highest BCUT2D eigenvalue weighted by atomic mass is 16.4. The maximum Gasteiger partial charge on any atom is 0.323 e. The number of urea groups is 1. The molecule has 2 amide bonds. The van der Waals surface area contributed by atoms with Gasteiger partial charge in [-0.05, 0) is 24.3 Å². The Balaban J connectivity index is 2.51. The fraction of sp³-hybridized carbons (Fsp3) is 0.273. The molecule has 3 N–H and O–H groups in total. The summed E-state index contributed by atoms with van der Waals surface area (Å²) in [5.41, 5.74) is 1.62. The summed E-state index contributed by atoms with van der Waals surface area (Å²) in [6, 6.07) is 6.66. The van der Waals surface area contributed by atoms with Crippen molar-refractivity contribution in [2.75, 3.05) is 30.9 Å². The van der Waals surface area contributed by atoms with E-state index in [2.05, 4.69) is 10.6 Å². The molecule has 0 heterocycles. The molecule has 0 radical (unpaired) electrons. The van der Waals surface area contributed by atoms with Crippen molar-refractivity contribution < 1.29 is 14.7 Å². The third-order valence-corrected chi connectivity index (χ3v) is 2.04. The zero-order chi connectivity index (χ0) is 12.8. The number of aliphatic carboxylic acids is 1. The summed E-state index contributed by atoms with van der Waals surface area (Å²) in [5, 5.41) is 13.1. The molecule has 1 aromatic rings. The lowest BCUT2D eigenvalue weighted by Crippen LogP contribution is -2.33. The van der Waals surface area contributed by atoms with Gasteiger partial charge in [-0.3, -0.25) is 4.79 Å². The summed E-state index contributed by atoms with van der Waals surface area (Å²) < 4.78 is 0. The minimum absolute atomic E-state index is 0.401. The van der Waals surface area contributed by atoms with E-state index in [-0.39, 0.29) is 0 Å². The van der Waals surface area contributed by atoms with Gasteiger partial charge >= 0.3 is 12.0 Å². The van der Waals surface area contributed by atoms with E-state index in [1.807, 2.05) is 31.1 Å². The van der Waals surface area contributed by atoms with Crippen molar-refractivity contribution in [2.45, 2.75) is 0 Å². The van der Waals surface area contributed by atoms with Crippen molar-refractivity contribution in [1.82, 2.24) is 5.32 Å². The van der Waals surface area contributed by atoms with Crippen LogP contribution < -0.4 is 15.5 Å². The normalized spacial score (nSPS) is 9.53. The Morgan fingerprint density at radius 2 is 1.82 bits per heavy atom. The molecule has 0 saturated carbocycles. The third kappa shape index (κ3) is 4.42. The smallest absolute Gasteiger partial charge is 0.323 e. The summed E-state index contributed by atoms with van der Waals surface area (Å²) in [6.07, 6.45) is 0. The van der Waals surface area contributed by atoms with Gasteiger partial charge in [0.2, 0.25) is 0 Å². The molecule has 0 aromatic heterocycles. The van der Waals surface area contributed by atoms with Crippen molar-refractivity contribution in [3.8, 4) is 0 Å². The number of carbonyl (C=O) groups excluding carboxylic acids is 1. The first-order valence-corrected chi connectivity index (χ1v) is 5.03. The van der Waals surface area contributed by atoms with Gasteiger partial charge in [0.25, 0.3) is 0 Å². The Labute approximate surface area is 99.2 Å². The van der Waals surface area contributed by atoms with Crippen LogP contribution in [0.25, 0.3) is 0 Å². The number of nitrogens with one attached hydrogen (secondary N) is 2. The summed E-state index contributed by atoms with van der Waals surface area (Å²) in [5.74, 6) is -1.08. The van der Waals surface area contributed by atoms with Gasteiger partial charge in [-0.15, -0.1) is 0 Å². The fourth-order valence-electron chi connectivity index (χ4n) is 1.17. The van der Waals surface area contributed by atoms with Gasteiger partial charge in [-0.1, -0.05) is 0 Å². The number of hydrogen-bond donors (Lipinski definition) is 3. The number of carbonyl (C=O) groups is 2. The van der Waals surface area contributed by atoms with Crippen LogP contribution in [0.2, 0.25) is 0 Å². The average Bonchev–Trinajstić information content (AvgIpc) is 2.27. The number of hydrogen-bond acceptors (Lipinski definition) is 3. The van der Waals surface area contributed by atoms with Crippen LogP contribution in [0, 0.1) is 0 Å². The van der Waals surface area contributed by atoms with Gasteiger partial charge in [-0.2, -0.15) is 0 Å². The molecule has 1 aromatic carbocycles. The highest BCUT2D eigenvalue weighted by Crippen LogP contribution is 2.15. The number of amides is 2. The summed E-state index contributed by atoms with van der Waals surface area (Å²) in [7, 11) is 3.84. The zero-order valence-corrected chi connectivity index (χ0v) is 9.73. The molecule has 0 atom stereocenters. The lowest BCUT2D eigenvalue weighted by atomic mass is 10.2. The highest BCUT2D eigenvalue weighted by molar-refractivity contribution is 5.91. The first-order chi connectivity index (χ1) is 7.99. The van der Waals surface area contributed by atoms with Crippen molar-refractivity contribution in [3.05, 3.63) is 24.3 Å². The van der Waals surface area contributed by atoms with Gasteiger partial charge in [0.05, 0.1) is 0 Å². The van der Waals surface area contributed by atoms with Crippen LogP contribution in [0.5, 0.6) is 0 Å². The molecule has 0 unspecified atom stereocenters. The topological polar surface area (TPSA) is 81.7 Å². The van der Waals surface area contributed by atoms with Crippen molar-refractivity contribution in [3.63, 3.8) is 0 Å². The summed E-state index contributed by atoms with van der Waals surface area (Å²) in [4.78, 5) is 23.4. The molecule has 0 spiro atoms. The quantitative estimate of drug-likeness (QED) is 0.728. The van der Waals surface area contributed by atoms with Crippen LogP contribution >= 0.6 is 0 Å². The first-order valence-electron chi connectivity index (χ1n) is 5.03. The molecule has 6 nitrogen and oxygen atoms in total. The van der Waals surface area contributed by atoms with E-state index in [0.717, 1.165) is 5.69 Å². The van der Waals surface area contributed by atoms with Crippen LogP contribution in [0.1, 0.15) is 0 Å². The van der Waals surface area contributed by atoms with E-state index in [9.17, 15) is 9.59 Å². The first kappa shape index (κ1) is 12.8. The number of anilines is 2. The molecule has 92 valence electrons. The molecule has 0 aliphatic rings. The maximum absolute atomic E-state index is 11.2. The monoisotopic (exact) mass is 237 g/mol. The predicted octanol–water partition coefficient (Wildman–Crippen LogP) is 0.959. The van der Waals surface area contributed by atoms with Crippen LogP contribution in [-0.4, -0.2) is 37.7 Å². The van der Waals surface area contributed by atoms with Crippen LogP contribution in [0.3, 0.4) is 0 Å². The Hall–Kier alpha value is -2.24. The van der Waals surface area contributed by atoms with E-state index < -0.39 is 18.5 Å². The van der Waals surface area contributed by atoms with Gasteiger partial charge in [-0.25, -0.2) is 4.79 Å². The minimum Gasteiger partial charge on any atom is -0.480 e. The number of carboxylic acids is 1. The molecule has 0 fully saturated rings. The molecule has 0 aliphatic carbocycles. The summed E-state index contributed by atoms with van der Waals surface area (Å²) in [6.45, 7) is -0.401. The molecule has 0 bridgehead atoms. The molecule has 0 saturated heterocycles. The SMILES string of the molecule is CN(C)c1ccc(NC(=O)NCC(=O)O)cc1. The van der Waals surface area contributed by atoms with Crippen LogP contribution in [-0.2, 0) is 4.79 Å². The number of carboxylic acid groups (broad SMARTS) is 1. The second-order valence-corrected chi connectivity index (χ2v) is 3.64. The van der Waals surface area contributed by atoms with Crippen LogP contribution in [0.4, 0.5) is 16.2 Å². The summed E-state index contributed by atoms with van der Waals surface area (Å²) >= 11 is 0. The number of rotatable bonds is 4. The van der Waals surface area contributed by atoms with Gasteiger partial charge in [0.1, 0.15) is 6.54 Å². The lowest BCUT2D eigenvalue weighted by Gasteiger charge is -2.13. The Morgan fingerprint density at radius 1 is 1.24 bits per heavy atom. The van der Waals surface area contributed by atoms with Crippen molar-refractivity contribution >= 4 is 23.4 Å². The van der Waals surface area contributed by atoms with Gasteiger partial charge in [0, 0.05) is 25.5 Å². The predicted molar refractivity (Wildman–Crippen MR) is 65.4 cm³/mol. The van der Waals surface area contributed by atoms with E-state index in [1.54, 1.807) is 12.1 Å². The zero-order valence-electron chi connectivity index (χ0n) is 9.73. The van der Waals surface area contributed by atoms with Gasteiger partial charge in [0.15, 0.2) is 0 Å². The highest BCUT2D eigenvalue weighted by Gasteiger charge is 2.03. The Bertz CT molecular complexity index is 401. The third-order valence-electron chi connectivity index (χ3n) is 2.04. The number of nitrogens with zero attached hydrogens (tertiary/aromatic N) is 1. The minimum atomic E-state index is -1.08. The molecule has 17 heavy (non-hydrogen) atoms. The Morgan fingerprint density at radius 3 is 2.29 bits per heavy atom. The van der Waals surface area contributed by atoms with E-state index in [0.29, 0.717) is 5.69 Å². The van der Waals surface area contributed by atoms with Gasteiger partial charge < -0.3 is 20.6 Å². The largest absolute Gasteiger partial charge is 0.480 e. The molecule has 6 heteroatoms. The van der Waals surface area contributed by atoms with Crippen LogP contribution in [0.15, 0.2) is 24.3 Å². The molecule has 0 aliphatic heterocycles. The fourth-order valence-corrected chi connectivity index (χ4v) is 1.17. The Kier molecular flexibility index (Phi) is 4.33. The van der Waals surface area contributed by atoms with Crippen molar-refractivity contribution in [2.24, 2.45) is 0 Å². The van der Waals surface area contributed by atoms with E-state index >= 15 is 0 Å². The number of benzene rings is 1. The molecular formula is C11H15N3O3. The maximum atomic E-state index is 11.2. The molecule has 1 rings (SSSR count).